The molecule has 9 heteroatoms. The topological polar surface area (TPSA) is 111 Å². The summed E-state index contributed by atoms with van der Waals surface area (Å²) in [6, 6.07) is 0. The number of hydrogen-bond donors (Lipinski definition) is 0. The molecule has 0 aliphatic carbocycles. The molecule has 0 aromatic rings. The van der Waals surface area contributed by atoms with Gasteiger partial charge in [0.25, 0.3) is 0 Å². The minimum atomic E-state index is -1.63. The summed E-state index contributed by atoms with van der Waals surface area (Å²) < 4.78 is 22.7. The van der Waals surface area contributed by atoms with E-state index in [1.165, 1.54) is 161 Å². The molecule has 0 amide bonds. The van der Waals surface area contributed by atoms with Crippen molar-refractivity contribution in [1.29, 1.82) is 0 Å². The molecule has 0 fully saturated rings. The molecule has 0 aromatic heterocycles. The van der Waals surface area contributed by atoms with Crippen LogP contribution in [0.5, 0.6) is 0 Å². The molecule has 0 saturated heterocycles. The number of carbonyl (C=O) groups excluding carboxylic acids is 3. The predicted molar refractivity (Wildman–Crippen MR) is 315 cm³/mol. The SMILES string of the molecule is CC/C=C\C/C=C\C/C=C\C/C=C\CCCCCCCCCCC(=O)OC(COC(=O)CCCCCCCCCCCCCCCCCCC/C=C\C/C=C\CCCCCCC)COC(OCC[N+](C)(C)C)C(=O)[O-]. The van der Waals surface area contributed by atoms with Crippen molar-refractivity contribution >= 4 is 17.9 Å². The normalized spacial score (nSPS) is 13.2. The van der Waals surface area contributed by atoms with Gasteiger partial charge in [-0.15, -0.1) is 0 Å². The fraction of sp³-hybridized carbons (Fsp3) is 0.773. The van der Waals surface area contributed by atoms with Crippen molar-refractivity contribution in [2.24, 2.45) is 0 Å². The zero-order chi connectivity index (χ0) is 54.8. The molecule has 2 unspecified atom stereocenters. The summed E-state index contributed by atoms with van der Waals surface area (Å²) in [7, 11) is 5.92. The Morgan fingerprint density at radius 3 is 1.13 bits per heavy atom. The van der Waals surface area contributed by atoms with Gasteiger partial charge < -0.3 is 33.3 Å². The molecule has 2 atom stereocenters. The molecule has 0 aliphatic rings. The molecule has 434 valence electrons. The van der Waals surface area contributed by atoms with Gasteiger partial charge >= 0.3 is 11.9 Å². The van der Waals surface area contributed by atoms with Crippen molar-refractivity contribution in [3.05, 3.63) is 72.9 Å². The van der Waals surface area contributed by atoms with Gasteiger partial charge in [0.15, 0.2) is 12.4 Å². The molecule has 0 aromatic carbocycles. The van der Waals surface area contributed by atoms with Gasteiger partial charge in [0, 0.05) is 12.8 Å². The summed E-state index contributed by atoms with van der Waals surface area (Å²) >= 11 is 0. The number of carboxylic acids is 1. The van der Waals surface area contributed by atoms with Crippen LogP contribution in [0.1, 0.15) is 271 Å². The summed E-state index contributed by atoms with van der Waals surface area (Å²) in [6.45, 7) is 4.64. The molecular weight excluding hydrogens is 935 g/mol. The lowest BCUT2D eigenvalue weighted by Gasteiger charge is -2.26. The summed E-state index contributed by atoms with van der Waals surface area (Å²) in [6.07, 6.45) is 71.0. The van der Waals surface area contributed by atoms with Crippen LogP contribution in [0.4, 0.5) is 0 Å². The molecular formula is C66H117NO8. The first kappa shape index (κ1) is 71.7. The van der Waals surface area contributed by atoms with Crippen molar-refractivity contribution in [2.75, 3.05) is 47.5 Å². The molecule has 0 bridgehead atoms. The second-order valence-corrected chi connectivity index (χ2v) is 22.0. The van der Waals surface area contributed by atoms with E-state index in [1.54, 1.807) is 0 Å². The van der Waals surface area contributed by atoms with E-state index in [-0.39, 0.29) is 38.6 Å². The first-order valence-electron chi connectivity index (χ1n) is 31.1. The van der Waals surface area contributed by atoms with Crippen LogP contribution in [0.2, 0.25) is 0 Å². The van der Waals surface area contributed by atoms with Crippen molar-refractivity contribution in [3.63, 3.8) is 0 Å². The highest BCUT2D eigenvalue weighted by Crippen LogP contribution is 2.17. The quantitative estimate of drug-likeness (QED) is 0.0195. The maximum absolute atomic E-state index is 12.9. The Morgan fingerprint density at radius 1 is 0.413 bits per heavy atom. The Kier molecular flexibility index (Phi) is 54.4. The standard InChI is InChI=1S/C66H117NO8/c1-6-8-10-12-14-16-18-20-22-24-26-28-29-30-31-32-33-34-35-37-38-40-42-44-46-48-50-52-54-56-63(68)73-60-62(61-74-66(65(70)71)72-59-58-67(3,4)5)75-64(69)57-55-53-51-49-47-45-43-41-39-36-27-25-23-21-19-17-15-13-11-9-7-2/h9,11,15,17-18,20-21,23-24,26-27,36,62,66H,6-8,10,12-14,16,19,22,25,28-35,37-61H2,1-5H3/b11-9-,17-15-,20-18-,23-21-,26-24-,36-27-. The van der Waals surface area contributed by atoms with E-state index < -0.39 is 24.3 Å². The van der Waals surface area contributed by atoms with Crippen LogP contribution in [0.25, 0.3) is 0 Å². The maximum Gasteiger partial charge on any atom is 0.306 e. The number of esters is 2. The van der Waals surface area contributed by atoms with Gasteiger partial charge in [-0.25, -0.2) is 0 Å². The van der Waals surface area contributed by atoms with E-state index in [4.69, 9.17) is 18.9 Å². The number of unbranched alkanes of at least 4 members (excludes halogenated alkanes) is 30. The van der Waals surface area contributed by atoms with E-state index in [2.05, 4.69) is 86.8 Å². The highest BCUT2D eigenvalue weighted by atomic mass is 16.7. The van der Waals surface area contributed by atoms with Crippen LogP contribution in [0.15, 0.2) is 72.9 Å². The lowest BCUT2D eigenvalue weighted by atomic mass is 10.0. The number of quaternary nitrogens is 1. The Balaban J connectivity index is 4.17. The number of aliphatic carboxylic acids is 1. The molecule has 0 saturated carbocycles. The van der Waals surface area contributed by atoms with E-state index in [1.807, 2.05) is 21.1 Å². The average Bonchev–Trinajstić information content (AvgIpc) is 3.38. The lowest BCUT2D eigenvalue weighted by molar-refractivity contribution is -0.870. The Hall–Kier alpha value is -3.27. The van der Waals surface area contributed by atoms with Crippen molar-refractivity contribution in [3.8, 4) is 0 Å². The number of likely N-dealkylation sites (N-methyl/N-ethyl adjacent to an activating group) is 1. The Bertz CT molecular complexity index is 1460. The van der Waals surface area contributed by atoms with Gasteiger partial charge in [0.2, 0.25) is 0 Å². The Labute approximate surface area is 462 Å². The van der Waals surface area contributed by atoms with Crippen molar-refractivity contribution in [2.45, 2.75) is 283 Å². The second-order valence-electron chi connectivity index (χ2n) is 22.0. The van der Waals surface area contributed by atoms with Crippen LogP contribution >= 0.6 is 0 Å². The molecule has 75 heavy (non-hydrogen) atoms. The third-order valence-electron chi connectivity index (χ3n) is 13.4. The van der Waals surface area contributed by atoms with E-state index in [0.717, 1.165) is 77.0 Å². The number of nitrogens with zero attached hydrogens (tertiary/aromatic N) is 1. The average molecular weight is 1050 g/mol. The van der Waals surface area contributed by atoms with Crippen molar-refractivity contribution < 1.29 is 42.9 Å². The first-order chi connectivity index (χ1) is 36.6. The van der Waals surface area contributed by atoms with Gasteiger partial charge in [-0.05, 0) is 83.5 Å². The number of carbonyl (C=O) groups is 3. The van der Waals surface area contributed by atoms with Gasteiger partial charge in [0.1, 0.15) is 13.2 Å². The summed E-state index contributed by atoms with van der Waals surface area (Å²) in [4.78, 5) is 37.4. The monoisotopic (exact) mass is 1050 g/mol. The van der Waals surface area contributed by atoms with Gasteiger partial charge in [-0.1, -0.05) is 247 Å². The number of allylic oxidation sites excluding steroid dienone is 12. The summed E-state index contributed by atoms with van der Waals surface area (Å²) in [5.74, 6) is -2.29. The minimum Gasteiger partial charge on any atom is -0.545 e. The predicted octanol–water partition coefficient (Wildman–Crippen LogP) is 17.2. The fourth-order valence-electron chi connectivity index (χ4n) is 8.68. The highest BCUT2D eigenvalue weighted by molar-refractivity contribution is 5.70. The van der Waals surface area contributed by atoms with Gasteiger partial charge in [-0.3, -0.25) is 9.59 Å². The van der Waals surface area contributed by atoms with E-state index in [0.29, 0.717) is 17.4 Å². The first-order valence-corrected chi connectivity index (χ1v) is 31.1. The Morgan fingerprint density at radius 2 is 0.760 bits per heavy atom. The third-order valence-corrected chi connectivity index (χ3v) is 13.4. The number of rotatable bonds is 57. The maximum atomic E-state index is 12.9. The largest absolute Gasteiger partial charge is 0.545 e. The van der Waals surface area contributed by atoms with E-state index in [9.17, 15) is 19.5 Å². The zero-order valence-corrected chi connectivity index (χ0v) is 49.4. The number of carboxylic acid groups (broad SMARTS) is 1. The van der Waals surface area contributed by atoms with Crippen molar-refractivity contribution in [1.82, 2.24) is 0 Å². The van der Waals surface area contributed by atoms with E-state index >= 15 is 0 Å². The molecule has 9 nitrogen and oxygen atoms in total. The third kappa shape index (κ3) is 58.3. The lowest BCUT2D eigenvalue weighted by Crippen LogP contribution is -2.44. The number of hydrogen-bond acceptors (Lipinski definition) is 8. The van der Waals surface area contributed by atoms with Crippen LogP contribution in [0, 0.1) is 0 Å². The molecule has 0 spiro atoms. The molecule has 0 radical (unpaired) electrons. The minimum absolute atomic E-state index is 0.144. The van der Waals surface area contributed by atoms with Crippen LogP contribution < -0.4 is 5.11 Å². The van der Waals surface area contributed by atoms with Crippen LogP contribution in [-0.2, 0) is 33.3 Å². The molecule has 0 rings (SSSR count). The summed E-state index contributed by atoms with van der Waals surface area (Å²) in [5, 5.41) is 11.8. The second kappa shape index (κ2) is 56.9. The van der Waals surface area contributed by atoms with Crippen LogP contribution in [0.3, 0.4) is 0 Å². The van der Waals surface area contributed by atoms with Gasteiger partial charge in [-0.2, -0.15) is 0 Å². The summed E-state index contributed by atoms with van der Waals surface area (Å²) in [5.41, 5.74) is 0. The smallest absolute Gasteiger partial charge is 0.306 e. The molecule has 0 aliphatic heterocycles. The van der Waals surface area contributed by atoms with Crippen LogP contribution in [-0.4, -0.2) is 82.3 Å². The zero-order valence-electron chi connectivity index (χ0n) is 49.4. The molecule has 0 N–H and O–H groups in total. The van der Waals surface area contributed by atoms with Gasteiger partial charge in [0.05, 0.1) is 40.3 Å². The fourth-order valence-corrected chi connectivity index (χ4v) is 8.68. The molecule has 0 heterocycles. The number of ether oxygens (including phenoxy) is 4. The highest BCUT2D eigenvalue weighted by Gasteiger charge is 2.22.